The van der Waals surface area contributed by atoms with E-state index in [1.807, 2.05) is 0 Å². The molecule has 0 amide bonds. The van der Waals surface area contributed by atoms with Crippen molar-refractivity contribution >= 4 is 5.78 Å². The van der Waals surface area contributed by atoms with Gasteiger partial charge in [0.2, 0.25) is 0 Å². The van der Waals surface area contributed by atoms with Crippen molar-refractivity contribution in [2.75, 3.05) is 6.61 Å². The van der Waals surface area contributed by atoms with E-state index in [2.05, 4.69) is 32.6 Å². The molecule has 18 heavy (non-hydrogen) atoms. The van der Waals surface area contributed by atoms with E-state index in [0.717, 1.165) is 12.0 Å². The van der Waals surface area contributed by atoms with Crippen LogP contribution in [-0.4, -0.2) is 30.2 Å². The second-order valence-corrected chi connectivity index (χ2v) is 6.03. The zero-order chi connectivity index (χ0) is 12.9. The summed E-state index contributed by atoms with van der Waals surface area (Å²) in [4.78, 5) is 12.4. The average Bonchev–Trinajstić information content (AvgIpc) is 3.15. The van der Waals surface area contributed by atoms with Gasteiger partial charge in [0, 0.05) is 12.8 Å². The summed E-state index contributed by atoms with van der Waals surface area (Å²) in [6.45, 7) is 8.88. The maximum absolute atomic E-state index is 12.4. The van der Waals surface area contributed by atoms with Crippen LogP contribution in [0.3, 0.4) is 0 Å². The first-order valence-electron chi connectivity index (χ1n) is 6.71. The monoisotopic (exact) mass is 248 g/mol. The van der Waals surface area contributed by atoms with E-state index in [1.54, 1.807) is 0 Å². The Bertz CT molecular complexity index is 417. The molecule has 2 heterocycles. The lowest BCUT2D eigenvalue weighted by atomic mass is 9.83. The van der Waals surface area contributed by atoms with Gasteiger partial charge in [0.05, 0.1) is 12.7 Å². The standard InChI is InChI=1S/C15H20O3/c1-9(2)11-5-4-10(3)6-12-14(18-12)15(8-17-15)13(16)7-11/h4-5,9,11-12,14H,3,6-8H2,1-2H3/b5-4-. The summed E-state index contributed by atoms with van der Waals surface area (Å²) in [7, 11) is 0. The van der Waals surface area contributed by atoms with E-state index in [0.29, 0.717) is 18.9 Å². The third-order valence-electron chi connectivity index (χ3n) is 4.29. The fraction of sp³-hybridized carbons (Fsp3) is 0.667. The lowest BCUT2D eigenvalue weighted by Crippen LogP contribution is -2.34. The minimum atomic E-state index is -0.608. The summed E-state index contributed by atoms with van der Waals surface area (Å²) in [5.74, 6) is 0.931. The van der Waals surface area contributed by atoms with Gasteiger partial charge < -0.3 is 9.47 Å². The van der Waals surface area contributed by atoms with Crippen LogP contribution in [0.2, 0.25) is 0 Å². The number of ketones is 1. The second-order valence-electron chi connectivity index (χ2n) is 6.03. The van der Waals surface area contributed by atoms with Gasteiger partial charge in [-0.05, 0) is 11.8 Å². The number of carbonyl (C=O) groups is 1. The lowest BCUT2D eigenvalue weighted by Gasteiger charge is -2.19. The van der Waals surface area contributed by atoms with E-state index in [-0.39, 0.29) is 23.9 Å². The summed E-state index contributed by atoms with van der Waals surface area (Å²) in [6.07, 6.45) is 5.65. The van der Waals surface area contributed by atoms with Crippen molar-refractivity contribution in [2.45, 2.75) is 44.5 Å². The third-order valence-corrected chi connectivity index (χ3v) is 4.29. The molecule has 0 aromatic carbocycles. The maximum atomic E-state index is 12.4. The van der Waals surface area contributed by atoms with Crippen LogP contribution < -0.4 is 0 Å². The molecule has 3 rings (SSSR count). The number of ether oxygens (including phenoxy) is 2. The van der Waals surface area contributed by atoms with Crippen LogP contribution in [0.15, 0.2) is 24.3 Å². The van der Waals surface area contributed by atoms with Gasteiger partial charge >= 0.3 is 0 Å². The van der Waals surface area contributed by atoms with Gasteiger partial charge in [0.25, 0.3) is 0 Å². The largest absolute Gasteiger partial charge is 0.365 e. The molecule has 0 bridgehead atoms. The summed E-state index contributed by atoms with van der Waals surface area (Å²) in [5.41, 5.74) is 0.474. The number of allylic oxidation sites excluding steroid dienone is 2. The van der Waals surface area contributed by atoms with E-state index < -0.39 is 5.60 Å². The molecule has 1 spiro atoms. The van der Waals surface area contributed by atoms with Crippen molar-refractivity contribution < 1.29 is 14.3 Å². The Hall–Kier alpha value is -0.930. The highest BCUT2D eigenvalue weighted by Gasteiger charge is 2.67. The highest BCUT2D eigenvalue weighted by atomic mass is 16.7. The molecule has 0 aromatic heterocycles. The van der Waals surface area contributed by atoms with E-state index >= 15 is 0 Å². The van der Waals surface area contributed by atoms with Crippen LogP contribution in [0.1, 0.15) is 26.7 Å². The molecule has 4 atom stereocenters. The molecule has 2 saturated heterocycles. The normalized spacial score (nSPS) is 44.9. The minimum Gasteiger partial charge on any atom is -0.365 e. The van der Waals surface area contributed by atoms with E-state index in [1.165, 1.54) is 0 Å². The number of epoxide rings is 2. The van der Waals surface area contributed by atoms with Crippen LogP contribution in [0.4, 0.5) is 0 Å². The fourth-order valence-electron chi connectivity index (χ4n) is 2.77. The highest BCUT2D eigenvalue weighted by molar-refractivity contribution is 5.91. The van der Waals surface area contributed by atoms with Crippen LogP contribution in [0, 0.1) is 11.8 Å². The molecule has 3 nitrogen and oxygen atoms in total. The minimum absolute atomic E-state index is 0.0268. The number of hydrogen-bond donors (Lipinski definition) is 0. The van der Waals surface area contributed by atoms with Crippen molar-refractivity contribution in [3.05, 3.63) is 24.3 Å². The summed E-state index contributed by atoms with van der Waals surface area (Å²) < 4.78 is 11.1. The maximum Gasteiger partial charge on any atom is 0.178 e. The Morgan fingerprint density at radius 1 is 1.44 bits per heavy atom. The molecule has 2 fully saturated rings. The van der Waals surface area contributed by atoms with Gasteiger partial charge in [-0.2, -0.15) is 0 Å². The smallest absolute Gasteiger partial charge is 0.178 e. The SMILES string of the molecule is C=C1/C=C\C(C(C)C)CC(=O)C2(CO2)C2OC2C1. The van der Waals surface area contributed by atoms with Gasteiger partial charge in [0.1, 0.15) is 6.10 Å². The molecule has 0 radical (unpaired) electrons. The van der Waals surface area contributed by atoms with Crippen LogP contribution >= 0.6 is 0 Å². The molecule has 98 valence electrons. The van der Waals surface area contributed by atoms with E-state index in [9.17, 15) is 4.79 Å². The summed E-state index contributed by atoms with van der Waals surface area (Å²) in [5, 5.41) is 0. The molecule has 0 aromatic rings. The molecule has 4 unspecified atom stereocenters. The molecule has 3 heteroatoms. The predicted molar refractivity (Wildman–Crippen MR) is 68.2 cm³/mol. The second kappa shape index (κ2) is 4.04. The quantitative estimate of drug-likeness (QED) is 0.668. The first kappa shape index (κ1) is 12.1. The van der Waals surface area contributed by atoms with Crippen LogP contribution in [-0.2, 0) is 14.3 Å². The molecule has 3 aliphatic rings. The Balaban J connectivity index is 1.85. The number of rotatable bonds is 1. The Labute approximate surface area is 108 Å². The van der Waals surface area contributed by atoms with E-state index in [4.69, 9.17) is 9.47 Å². The average molecular weight is 248 g/mol. The van der Waals surface area contributed by atoms with Gasteiger partial charge in [-0.25, -0.2) is 0 Å². The highest BCUT2D eigenvalue weighted by Crippen LogP contribution is 2.48. The molecular weight excluding hydrogens is 228 g/mol. The van der Waals surface area contributed by atoms with Gasteiger partial charge in [-0.3, -0.25) is 4.79 Å². The lowest BCUT2D eigenvalue weighted by molar-refractivity contribution is -0.125. The first-order chi connectivity index (χ1) is 8.53. The molecule has 0 N–H and O–H groups in total. The summed E-state index contributed by atoms with van der Waals surface area (Å²) in [6, 6.07) is 0. The van der Waals surface area contributed by atoms with Crippen LogP contribution in [0.5, 0.6) is 0 Å². The van der Waals surface area contributed by atoms with Gasteiger partial charge in [-0.15, -0.1) is 0 Å². The molecule has 0 saturated carbocycles. The van der Waals surface area contributed by atoms with Gasteiger partial charge in [-0.1, -0.05) is 38.2 Å². The van der Waals surface area contributed by atoms with Crippen molar-refractivity contribution in [3.8, 4) is 0 Å². The Kier molecular flexibility index (Phi) is 2.72. The number of fused-ring (bicyclic) bond motifs is 2. The first-order valence-corrected chi connectivity index (χ1v) is 6.71. The predicted octanol–water partition coefficient (Wildman–Crippen LogP) is 2.27. The fourth-order valence-corrected chi connectivity index (χ4v) is 2.77. The molecular formula is C15H20O3. The summed E-state index contributed by atoms with van der Waals surface area (Å²) >= 11 is 0. The topological polar surface area (TPSA) is 42.1 Å². The zero-order valence-electron chi connectivity index (χ0n) is 11.0. The Morgan fingerprint density at radius 2 is 2.17 bits per heavy atom. The third kappa shape index (κ3) is 1.95. The van der Waals surface area contributed by atoms with Crippen molar-refractivity contribution in [2.24, 2.45) is 11.8 Å². The van der Waals surface area contributed by atoms with Crippen molar-refractivity contribution in [1.82, 2.24) is 0 Å². The van der Waals surface area contributed by atoms with Crippen molar-refractivity contribution in [1.29, 1.82) is 0 Å². The number of Topliss-reactive ketones (excluding diaryl/α,β-unsaturated/α-hetero) is 1. The zero-order valence-corrected chi connectivity index (χ0v) is 11.0. The number of hydrogen-bond acceptors (Lipinski definition) is 3. The van der Waals surface area contributed by atoms with Crippen LogP contribution in [0.25, 0.3) is 0 Å². The molecule has 2 aliphatic heterocycles. The molecule has 1 aliphatic carbocycles. The van der Waals surface area contributed by atoms with Crippen molar-refractivity contribution in [3.63, 3.8) is 0 Å². The van der Waals surface area contributed by atoms with Gasteiger partial charge in [0.15, 0.2) is 11.4 Å². The number of carbonyl (C=O) groups excluding carboxylic acids is 1. The Morgan fingerprint density at radius 3 is 2.78 bits per heavy atom.